The van der Waals surface area contributed by atoms with Gasteiger partial charge in [-0.2, -0.15) is 0 Å². The Bertz CT molecular complexity index is 1370. The molecule has 2 aromatic rings. The molecule has 1 unspecified atom stereocenters. The SMILES string of the molecule is CO[C@H]1CCCCC(=O)NS(=O)(=O)c2ccc3c(c2)N(CC2CC[C@H]21)C[C@@]1(CCCc2cc(Cl)ccc21)CO3. The second-order valence-electron chi connectivity index (χ2n) is 11.8. The number of aryl methyl sites for hydroxylation is 1. The number of amides is 1. The summed E-state index contributed by atoms with van der Waals surface area (Å²) >= 11 is 6.38. The topological polar surface area (TPSA) is 84.9 Å². The van der Waals surface area contributed by atoms with E-state index in [1.54, 1.807) is 25.3 Å². The molecule has 2 bridgehead atoms. The Morgan fingerprint density at radius 3 is 2.74 bits per heavy atom. The summed E-state index contributed by atoms with van der Waals surface area (Å²) in [4.78, 5) is 15.0. The normalized spacial score (nSPS) is 30.4. The van der Waals surface area contributed by atoms with Crippen LogP contribution in [0, 0.1) is 11.8 Å². The summed E-state index contributed by atoms with van der Waals surface area (Å²) in [5.41, 5.74) is 3.10. The van der Waals surface area contributed by atoms with Gasteiger partial charge in [-0.05, 0) is 98.2 Å². The maximum absolute atomic E-state index is 13.2. The summed E-state index contributed by atoms with van der Waals surface area (Å²) in [6, 6.07) is 11.2. The lowest BCUT2D eigenvalue weighted by atomic mass is 9.68. The van der Waals surface area contributed by atoms with E-state index < -0.39 is 15.9 Å². The van der Waals surface area contributed by atoms with Gasteiger partial charge in [0.15, 0.2) is 0 Å². The van der Waals surface area contributed by atoms with Gasteiger partial charge in [-0.15, -0.1) is 0 Å². The van der Waals surface area contributed by atoms with E-state index in [2.05, 4.69) is 21.8 Å². The van der Waals surface area contributed by atoms with E-state index in [1.165, 1.54) is 11.1 Å². The molecule has 2 heterocycles. The number of carbonyl (C=O) groups is 1. The summed E-state index contributed by atoms with van der Waals surface area (Å²) in [6.07, 6.45) is 7.92. The Kier molecular flexibility index (Phi) is 7.31. The molecule has 1 fully saturated rings. The minimum Gasteiger partial charge on any atom is -0.490 e. The molecule has 9 heteroatoms. The number of ether oxygens (including phenoxy) is 2. The zero-order chi connectivity index (χ0) is 27.2. The molecule has 0 radical (unpaired) electrons. The first kappa shape index (κ1) is 26.9. The van der Waals surface area contributed by atoms with E-state index in [9.17, 15) is 13.2 Å². The van der Waals surface area contributed by atoms with Gasteiger partial charge in [0.2, 0.25) is 5.91 Å². The second kappa shape index (κ2) is 10.6. The Hall–Kier alpha value is -2.29. The van der Waals surface area contributed by atoms with Crippen LogP contribution in [0.3, 0.4) is 0 Å². The standard InChI is InChI=1S/C30H37ClN2O5S/c1-37-27-6-2-3-7-29(34)32-39(35,36)23-10-13-28-26(16-23)33(17-21-8-11-24(21)27)18-30(19-38-28)14-4-5-20-15-22(31)9-12-25(20)30/h9-10,12-13,15-16,21,24,27H,2-8,11,14,17-19H2,1H3,(H,32,34)/t21?,24-,27+,30+/m1/s1. The van der Waals surface area contributed by atoms with Gasteiger partial charge in [-0.25, -0.2) is 13.1 Å². The van der Waals surface area contributed by atoms with Crippen molar-refractivity contribution in [2.45, 2.75) is 74.2 Å². The van der Waals surface area contributed by atoms with E-state index in [4.69, 9.17) is 21.1 Å². The Morgan fingerprint density at radius 1 is 1.08 bits per heavy atom. The van der Waals surface area contributed by atoms with Crippen LogP contribution < -0.4 is 14.4 Å². The molecule has 2 aliphatic carbocycles. The van der Waals surface area contributed by atoms with Crippen molar-refractivity contribution in [3.63, 3.8) is 0 Å². The molecule has 0 aromatic heterocycles. The van der Waals surface area contributed by atoms with Gasteiger partial charge in [-0.1, -0.05) is 24.1 Å². The lowest BCUT2D eigenvalue weighted by molar-refractivity contribution is -0.119. The predicted molar refractivity (Wildman–Crippen MR) is 151 cm³/mol. The molecule has 1 saturated carbocycles. The molecule has 4 atom stereocenters. The van der Waals surface area contributed by atoms with Gasteiger partial charge in [-0.3, -0.25) is 4.79 Å². The first-order valence-corrected chi connectivity index (χ1v) is 16.0. The predicted octanol–water partition coefficient (Wildman–Crippen LogP) is 5.23. The van der Waals surface area contributed by atoms with Crippen molar-refractivity contribution in [3.05, 3.63) is 52.5 Å². The first-order valence-electron chi connectivity index (χ1n) is 14.2. The number of rotatable bonds is 1. The van der Waals surface area contributed by atoms with Crippen molar-refractivity contribution < 1.29 is 22.7 Å². The number of hydrogen-bond donors (Lipinski definition) is 1. The molecule has 4 aliphatic rings. The van der Waals surface area contributed by atoms with Gasteiger partial charge < -0.3 is 14.4 Å². The Morgan fingerprint density at radius 2 is 1.95 bits per heavy atom. The van der Waals surface area contributed by atoms with Crippen molar-refractivity contribution in [1.29, 1.82) is 0 Å². The highest BCUT2D eigenvalue weighted by molar-refractivity contribution is 7.90. The van der Waals surface area contributed by atoms with E-state index in [-0.39, 0.29) is 22.8 Å². The molecule has 2 aromatic carbocycles. The third-order valence-electron chi connectivity index (χ3n) is 9.42. The number of benzene rings is 2. The largest absolute Gasteiger partial charge is 0.490 e. The molecule has 2 aliphatic heterocycles. The molecular weight excluding hydrogens is 536 g/mol. The zero-order valence-electron chi connectivity index (χ0n) is 22.5. The van der Waals surface area contributed by atoms with Crippen molar-refractivity contribution in [1.82, 2.24) is 4.72 Å². The highest BCUT2D eigenvalue weighted by Gasteiger charge is 2.44. The van der Waals surface area contributed by atoms with Crippen molar-refractivity contribution in [2.75, 3.05) is 31.7 Å². The van der Waals surface area contributed by atoms with Crippen molar-refractivity contribution >= 4 is 33.2 Å². The maximum Gasteiger partial charge on any atom is 0.264 e. The van der Waals surface area contributed by atoms with Gasteiger partial charge in [0.25, 0.3) is 10.0 Å². The number of nitrogens with one attached hydrogen (secondary N) is 1. The lowest BCUT2D eigenvalue weighted by Gasteiger charge is -2.46. The highest BCUT2D eigenvalue weighted by atomic mass is 35.5. The van der Waals surface area contributed by atoms with Crippen molar-refractivity contribution in [2.24, 2.45) is 11.8 Å². The molecule has 1 amide bonds. The molecule has 6 rings (SSSR count). The fraction of sp³-hybridized carbons (Fsp3) is 0.567. The Labute approximate surface area is 236 Å². The third-order valence-corrected chi connectivity index (χ3v) is 11.0. The smallest absolute Gasteiger partial charge is 0.264 e. The number of fused-ring (bicyclic) bond motifs is 4. The van der Waals surface area contributed by atoms with Crippen LogP contribution >= 0.6 is 11.6 Å². The van der Waals surface area contributed by atoms with E-state index in [1.807, 2.05) is 6.07 Å². The minimum atomic E-state index is -4.00. The number of carbonyl (C=O) groups excluding carboxylic acids is 1. The molecule has 1 spiro atoms. The summed E-state index contributed by atoms with van der Waals surface area (Å²) in [6.45, 7) is 2.05. The molecule has 0 saturated heterocycles. The monoisotopic (exact) mass is 572 g/mol. The average molecular weight is 573 g/mol. The average Bonchev–Trinajstić information content (AvgIpc) is 3.04. The van der Waals surface area contributed by atoms with Crippen LogP contribution in [0.1, 0.15) is 62.5 Å². The van der Waals surface area contributed by atoms with Crippen molar-refractivity contribution in [3.8, 4) is 5.75 Å². The molecule has 210 valence electrons. The van der Waals surface area contributed by atoms with Crippen LogP contribution in [0.4, 0.5) is 5.69 Å². The van der Waals surface area contributed by atoms with Crippen LogP contribution in [-0.4, -0.2) is 47.2 Å². The van der Waals surface area contributed by atoms with Gasteiger partial charge in [0, 0.05) is 37.1 Å². The number of sulfonamides is 1. The van der Waals surface area contributed by atoms with Crippen LogP contribution in [0.25, 0.3) is 0 Å². The fourth-order valence-corrected chi connectivity index (χ4v) is 8.48. The fourth-order valence-electron chi connectivity index (χ4n) is 7.25. The van der Waals surface area contributed by atoms with Crippen LogP contribution in [-0.2, 0) is 31.4 Å². The van der Waals surface area contributed by atoms with Crippen LogP contribution in [0.15, 0.2) is 41.3 Å². The lowest BCUT2D eigenvalue weighted by Crippen LogP contribution is -2.49. The zero-order valence-corrected chi connectivity index (χ0v) is 24.0. The number of halogens is 1. The van der Waals surface area contributed by atoms with Gasteiger partial charge in [0.05, 0.1) is 23.3 Å². The molecular formula is C30H37ClN2O5S. The van der Waals surface area contributed by atoms with Crippen LogP contribution in [0.2, 0.25) is 5.02 Å². The summed E-state index contributed by atoms with van der Waals surface area (Å²) in [5.74, 6) is 1.10. The molecule has 7 nitrogen and oxygen atoms in total. The third kappa shape index (κ3) is 5.16. The number of anilines is 1. The van der Waals surface area contributed by atoms with E-state index in [0.29, 0.717) is 30.6 Å². The Balaban J connectivity index is 1.43. The summed E-state index contributed by atoms with van der Waals surface area (Å²) in [5, 5.41) is 0.748. The second-order valence-corrected chi connectivity index (χ2v) is 13.9. The van der Waals surface area contributed by atoms with Gasteiger partial charge >= 0.3 is 0 Å². The number of methoxy groups -OCH3 is 1. The maximum atomic E-state index is 13.2. The first-order chi connectivity index (χ1) is 18.8. The number of nitrogens with zero attached hydrogens (tertiary/aromatic N) is 1. The highest BCUT2D eigenvalue weighted by Crippen LogP contribution is 2.47. The summed E-state index contributed by atoms with van der Waals surface area (Å²) < 4.78 is 41.2. The molecule has 39 heavy (non-hydrogen) atoms. The van der Waals surface area contributed by atoms with Crippen LogP contribution in [0.5, 0.6) is 5.75 Å². The number of hydrogen-bond acceptors (Lipinski definition) is 6. The van der Waals surface area contributed by atoms with Gasteiger partial charge in [0.1, 0.15) is 5.75 Å². The minimum absolute atomic E-state index is 0.0878. The molecule has 1 N–H and O–H groups in total. The van der Waals surface area contributed by atoms with E-state index >= 15 is 0 Å². The quantitative estimate of drug-likeness (QED) is 0.503. The van der Waals surface area contributed by atoms with E-state index in [0.717, 1.165) is 68.7 Å². The summed E-state index contributed by atoms with van der Waals surface area (Å²) in [7, 11) is -2.21.